The average molecular weight is 334 g/mol. The van der Waals surface area contributed by atoms with Gasteiger partial charge in [0.25, 0.3) is 9.05 Å². The molecule has 0 spiro atoms. The molecule has 1 saturated heterocycles. The summed E-state index contributed by atoms with van der Waals surface area (Å²) < 4.78 is 33.4. The molecule has 2 rings (SSSR count). The average Bonchev–Trinajstić information content (AvgIpc) is 2.69. The Morgan fingerprint density at radius 3 is 2.53 bits per heavy atom. The molecule has 84 valence electrons. The van der Waals surface area contributed by atoms with E-state index in [0.29, 0.717) is 22.6 Å². The molecule has 4 nitrogen and oxygen atoms in total. The van der Waals surface area contributed by atoms with Crippen LogP contribution in [-0.2, 0) is 18.5 Å². The highest BCUT2D eigenvalue weighted by Crippen LogP contribution is 2.39. The smallest absolute Gasteiger partial charge is 0.270 e. The summed E-state index contributed by atoms with van der Waals surface area (Å²) in [6, 6.07) is 1.45. The van der Waals surface area contributed by atoms with Gasteiger partial charge in [0.05, 0.1) is 18.1 Å². The minimum Gasteiger partial charge on any atom is -0.345 e. The summed E-state index contributed by atoms with van der Waals surface area (Å²) in [7, 11) is 1.55. The number of hydrogen-bond acceptors (Lipinski definition) is 5. The molecule has 0 bridgehead atoms. The Morgan fingerprint density at radius 1 is 1.47 bits per heavy atom. The Morgan fingerprint density at radius 2 is 2.07 bits per heavy atom. The second kappa shape index (κ2) is 4.31. The largest absolute Gasteiger partial charge is 0.345 e. The maximum absolute atomic E-state index is 11.1. The molecule has 1 aromatic heterocycles. The lowest BCUT2D eigenvalue weighted by Gasteiger charge is -2.05. The fourth-order valence-corrected chi connectivity index (χ4v) is 4.24. The summed E-state index contributed by atoms with van der Waals surface area (Å²) in [4.78, 5) is 0.687. The van der Waals surface area contributed by atoms with Gasteiger partial charge in [0.2, 0.25) is 0 Å². The van der Waals surface area contributed by atoms with Gasteiger partial charge in [-0.15, -0.1) is 11.3 Å². The molecule has 0 aromatic carbocycles. The lowest BCUT2D eigenvalue weighted by molar-refractivity contribution is -0.0418. The lowest BCUT2D eigenvalue weighted by Crippen LogP contribution is -1.94. The Hall–Kier alpha value is 0.340. The van der Waals surface area contributed by atoms with Crippen LogP contribution in [0.2, 0.25) is 0 Å². The van der Waals surface area contributed by atoms with Gasteiger partial charge in [-0.3, -0.25) is 0 Å². The minimum atomic E-state index is -3.68. The highest BCUT2D eigenvalue weighted by molar-refractivity contribution is 9.10. The van der Waals surface area contributed by atoms with E-state index < -0.39 is 15.3 Å². The van der Waals surface area contributed by atoms with E-state index in [-0.39, 0.29) is 4.21 Å². The van der Waals surface area contributed by atoms with Crippen LogP contribution in [0.3, 0.4) is 0 Å². The molecular weight excluding hydrogens is 328 g/mol. The van der Waals surface area contributed by atoms with E-state index in [1.807, 2.05) is 0 Å². The standard InChI is InChI=1S/C7H6BrClO4S2/c8-4-3-5(15(9,10)11)14-6(4)7-12-1-2-13-7/h3,7H,1-2H2. The van der Waals surface area contributed by atoms with Crippen molar-refractivity contribution < 1.29 is 17.9 Å². The molecular formula is C7H6BrClO4S2. The molecule has 1 aliphatic heterocycles. The van der Waals surface area contributed by atoms with Crippen molar-refractivity contribution in [3.8, 4) is 0 Å². The molecule has 0 unspecified atom stereocenters. The number of rotatable bonds is 2. The third-order valence-electron chi connectivity index (χ3n) is 1.77. The second-order valence-corrected chi connectivity index (χ2v) is 7.52. The summed E-state index contributed by atoms with van der Waals surface area (Å²) in [5.41, 5.74) is 0. The molecule has 8 heteroatoms. The highest BCUT2D eigenvalue weighted by Gasteiger charge is 2.26. The molecule has 0 radical (unpaired) electrons. The number of hydrogen-bond donors (Lipinski definition) is 0. The van der Waals surface area contributed by atoms with Gasteiger partial charge in [0.15, 0.2) is 6.29 Å². The fourth-order valence-electron chi connectivity index (χ4n) is 1.15. The van der Waals surface area contributed by atoms with Crippen molar-refractivity contribution in [1.29, 1.82) is 0 Å². The van der Waals surface area contributed by atoms with Gasteiger partial charge < -0.3 is 9.47 Å². The minimum absolute atomic E-state index is 0.0881. The summed E-state index contributed by atoms with van der Waals surface area (Å²) in [5, 5.41) is 0. The molecule has 1 aromatic rings. The first-order valence-electron chi connectivity index (χ1n) is 3.95. The van der Waals surface area contributed by atoms with Gasteiger partial charge in [-0.2, -0.15) is 0 Å². The van der Waals surface area contributed by atoms with Crippen molar-refractivity contribution in [2.75, 3.05) is 13.2 Å². The SMILES string of the molecule is O=S(=O)(Cl)c1cc(Br)c(C2OCCO2)s1. The molecule has 0 aliphatic carbocycles. The number of ether oxygens (including phenoxy) is 2. The number of halogens is 2. The first-order valence-corrected chi connectivity index (χ1v) is 7.87. The molecule has 2 heterocycles. The van der Waals surface area contributed by atoms with Crippen LogP contribution in [0.15, 0.2) is 14.7 Å². The highest BCUT2D eigenvalue weighted by atomic mass is 79.9. The van der Waals surface area contributed by atoms with Crippen LogP contribution in [0.5, 0.6) is 0 Å². The van der Waals surface area contributed by atoms with E-state index in [4.69, 9.17) is 20.2 Å². The van der Waals surface area contributed by atoms with Crippen LogP contribution in [0.4, 0.5) is 0 Å². The monoisotopic (exact) mass is 332 g/mol. The predicted octanol–water partition coefficient (Wildman–Crippen LogP) is 2.48. The van der Waals surface area contributed by atoms with Gasteiger partial charge in [0.1, 0.15) is 4.21 Å². The third-order valence-corrected chi connectivity index (χ3v) is 5.92. The lowest BCUT2D eigenvalue weighted by atomic mass is 10.4. The van der Waals surface area contributed by atoms with Crippen molar-refractivity contribution >= 4 is 47.0 Å². The van der Waals surface area contributed by atoms with Gasteiger partial charge in [-0.05, 0) is 22.0 Å². The van der Waals surface area contributed by atoms with E-state index in [0.717, 1.165) is 11.3 Å². The van der Waals surface area contributed by atoms with E-state index in [1.165, 1.54) is 6.07 Å². The fraction of sp³-hybridized carbons (Fsp3) is 0.429. The van der Waals surface area contributed by atoms with Crippen molar-refractivity contribution in [1.82, 2.24) is 0 Å². The Bertz CT molecular complexity index is 463. The van der Waals surface area contributed by atoms with Crippen molar-refractivity contribution in [2.24, 2.45) is 0 Å². The zero-order chi connectivity index (χ0) is 11.1. The maximum Gasteiger partial charge on any atom is 0.270 e. The topological polar surface area (TPSA) is 52.6 Å². The third kappa shape index (κ3) is 2.54. The van der Waals surface area contributed by atoms with E-state index in [9.17, 15) is 8.42 Å². The second-order valence-electron chi connectivity index (χ2n) is 2.79. The summed E-state index contributed by atoms with van der Waals surface area (Å²) >= 11 is 4.29. The molecule has 0 atom stereocenters. The zero-order valence-electron chi connectivity index (χ0n) is 7.27. The van der Waals surface area contributed by atoms with Crippen LogP contribution >= 0.6 is 37.9 Å². The first-order chi connectivity index (χ1) is 6.98. The quantitative estimate of drug-likeness (QED) is 0.780. The molecule has 1 aliphatic rings. The van der Waals surface area contributed by atoms with Gasteiger partial charge in [-0.25, -0.2) is 8.42 Å². The van der Waals surface area contributed by atoms with Crippen molar-refractivity contribution in [2.45, 2.75) is 10.5 Å². The predicted molar refractivity (Wildman–Crippen MR) is 59.7 cm³/mol. The Balaban J connectivity index is 2.37. The molecule has 0 amide bonds. The summed E-state index contributed by atoms with van der Waals surface area (Å²) in [6.07, 6.45) is -0.489. The Labute approximate surface area is 104 Å². The normalized spacial score (nSPS) is 18.5. The van der Waals surface area contributed by atoms with Crippen LogP contribution in [0, 0.1) is 0 Å². The summed E-state index contributed by atoms with van der Waals surface area (Å²) in [5.74, 6) is 0. The first kappa shape index (κ1) is 11.8. The van der Waals surface area contributed by atoms with E-state index >= 15 is 0 Å². The molecule has 0 N–H and O–H groups in total. The molecule has 15 heavy (non-hydrogen) atoms. The maximum atomic E-state index is 11.1. The van der Waals surface area contributed by atoms with Crippen LogP contribution < -0.4 is 0 Å². The van der Waals surface area contributed by atoms with Crippen LogP contribution in [-0.4, -0.2) is 21.6 Å². The van der Waals surface area contributed by atoms with Gasteiger partial charge in [-0.1, -0.05) is 0 Å². The molecule has 0 saturated carbocycles. The summed E-state index contributed by atoms with van der Waals surface area (Å²) in [6.45, 7) is 1.02. The zero-order valence-corrected chi connectivity index (χ0v) is 11.2. The van der Waals surface area contributed by atoms with Gasteiger partial charge >= 0.3 is 0 Å². The van der Waals surface area contributed by atoms with Gasteiger partial charge in [0, 0.05) is 15.2 Å². The van der Waals surface area contributed by atoms with Crippen molar-refractivity contribution in [3.05, 3.63) is 15.4 Å². The Kier molecular flexibility index (Phi) is 3.39. The van der Waals surface area contributed by atoms with Crippen LogP contribution in [0.1, 0.15) is 11.2 Å². The van der Waals surface area contributed by atoms with Crippen molar-refractivity contribution in [3.63, 3.8) is 0 Å². The number of thiophene rings is 1. The van der Waals surface area contributed by atoms with E-state index in [2.05, 4.69) is 15.9 Å². The van der Waals surface area contributed by atoms with E-state index in [1.54, 1.807) is 0 Å². The molecule has 1 fully saturated rings. The van der Waals surface area contributed by atoms with Crippen LogP contribution in [0.25, 0.3) is 0 Å².